The fraction of sp³-hybridized carbons (Fsp3) is 0.333. The zero-order chi connectivity index (χ0) is 19.7. The first-order valence-corrected chi connectivity index (χ1v) is 9.24. The highest BCUT2D eigenvalue weighted by atomic mass is 35.5. The van der Waals surface area contributed by atoms with E-state index in [0.717, 1.165) is 22.5 Å². The zero-order valence-corrected chi connectivity index (χ0v) is 16.8. The highest BCUT2D eigenvalue weighted by Crippen LogP contribution is 2.25. The summed E-state index contributed by atoms with van der Waals surface area (Å²) in [6.45, 7) is 5.71. The van der Waals surface area contributed by atoms with Gasteiger partial charge in [-0.15, -0.1) is 5.10 Å². The number of hydrogen-bond donors (Lipinski definition) is 2. The molecule has 9 heteroatoms. The SMILES string of the molecule is Cc1nc2nc(N)nn2c(C)c1CCC(=O)N[C@H](C)c1ccc(Cl)c(Cl)c1. The standard InChI is InChI=1S/C18H20Cl2N6O/c1-9(12-4-6-14(19)15(20)8-12)22-16(27)7-5-13-10(2)23-18-24-17(21)25-26(18)11(13)3/h4,6,8-9H,5,7H2,1-3H3,(H2,21,25)(H,22,27)/t9-/m1/s1. The van der Waals surface area contributed by atoms with Crippen molar-refractivity contribution in [2.24, 2.45) is 0 Å². The molecule has 2 aromatic heterocycles. The van der Waals surface area contributed by atoms with Crippen molar-refractivity contribution in [1.29, 1.82) is 0 Å². The molecule has 0 unspecified atom stereocenters. The molecule has 0 aliphatic carbocycles. The van der Waals surface area contributed by atoms with E-state index < -0.39 is 0 Å². The van der Waals surface area contributed by atoms with Crippen LogP contribution in [0.1, 0.15) is 41.9 Å². The summed E-state index contributed by atoms with van der Waals surface area (Å²) in [7, 11) is 0. The van der Waals surface area contributed by atoms with Gasteiger partial charge in [-0.2, -0.15) is 9.50 Å². The average molecular weight is 407 g/mol. The maximum Gasteiger partial charge on any atom is 0.254 e. The number of nitrogens with two attached hydrogens (primary N) is 1. The third kappa shape index (κ3) is 4.14. The molecule has 3 rings (SSSR count). The van der Waals surface area contributed by atoms with Crippen LogP contribution in [0.5, 0.6) is 0 Å². The van der Waals surface area contributed by atoms with E-state index in [-0.39, 0.29) is 17.9 Å². The third-order valence-electron chi connectivity index (χ3n) is 4.49. The molecule has 1 aromatic carbocycles. The first kappa shape index (κ1) is 19.4. The van der Waals surface area contributed by atoms with Crippen molar-refractivity contribution >= 4 is 40.8 Å². The first-order valence-electron chi connectivity index (χ1n) is 8.49. The predicted octanol–water partition coefficient (Wildman–Crippen LogP) is 3.44. The van der Waals surface area contributed by atoms with Gasteiger partial charge in [-0.25, -0.2) is 4.98 Å². The summed E-state index contributed by atoms with van der Waals surface area (Å²) in [6.07, 6.45) is 0.866. The second-order valence-electron chi connectivity index (χ2n) is 6.41. The Balaban J connectivity index is 1.68. The van der Waals surface area contributed by atoms with Crippen LogP contribution in [0.3, 0.4) is 0 Å². The van der Waals surface area contributed by atoms with Crippen LogP contribution < -0.4 is 11.1 Å². The second-order valence-corrected chi connectivity index (χ2v) is 7.22. The van der Waals surface area contributed by atoms with Gasteiger partial charge in [0, 0.05) is 17.8 Å². The lowest BCUT2D eigenvalue weighted by Gasteiger charge is -2.16. The van der Waals surface area contributed by atoms with Gasteiger partial charge in [0.2, 0.25) is 11.9 Å². The number of benzene rings is 1. The van der Waals surface area contributed by atoms with Crippen molar-refractivity contribution in [3.8, 4) is 0 Å². The average Bonchev–Trinajstić information content (AvgIpc) is 2.97. The molecule has 0 radical (unpaired) electrons. The summed E-state index contributed by atoms with van der Waals surface area (Å²) in [5, 5.41) is 8.07. The number of rotatable bonds is 5. The van der Waals surface area contributed by atoms with Gasteiger partial charge in [0.05, 0.1) is 16.1 Å². The number of hydrogen-bond acceptors (Lipinski definition) is 5. The quantitative estimate of drug-likeness (QED) is 0.675. The fourth-order valence-corrected chi connectivity index (χ4v) is 3.31. The van der Waals surface area contributed by atoms with Gasteiger partial charge in [0.15, 0.2) is 0 Å². The Hall–Kier alpha value is -2.38. The smallest absolute Gasteiger partial charge is 0.254 e. The Bertz CT molecular complexity index is 1020. The van der Waals surface area contributed by atoms with Crippen LogP contribution in [0, 0.1) is 13.8 Å². The highest BCUT2D eigenvalue weighted by Gasteiger charge is 2.15. The molecule has 1 amide bonds. The summed E-state index contributed by atoms with van der Waals surface area (Å²) in [6, 6.07) is 5.15. The molecule has 0 saturated heterocycles. The number of amides is 1. The van der Waals surface area contributed by atoms with E-state index in [1.54, 1.807) is 16.6 Å². The lowest BCUT2D eigenvalue weighted by molar-refractivity contribution is -0.121. The van der Waals surface area contributed by atoms with Crippen LogP contribution in [0.4, 0.5) is 5.95 Å². The molecular formula is C18H20Cl2N6O. The molecule has 0 aliphatic rings. The molecule has 7 nitrogen and oxygen atoms in total. The van der Waals surface area contributed by atoms with Crippen LogP contribution in [0.15, 0.2) is 18.2 Å². The number of aromatic nitrogens is 4. The molecule has 0 fully saturated rings. The molecule has 142 valence electrons. The molecule has 0 spiro atoms. The normalized spacial score (nSPS) is 12.3. The zero-order valence-electron chi connectivity index (χ0n) is 15.3. The summed E-state index contributed by atoms with van der Waals surface area (Å²) in [5.41, 5.74) is 9.20. The Morgan fingerprint density at radius 2 is 2.00 bits per heavy atom. The van der Waals surface area contributed by atoms with Gasteiger partial charge >= 0.3 is 0 Å². The lowest BCUT2D eigenvalue weighted by Crippen LogP contribution is -2.27. The maximum absolute atomic E-state index is 12.4. The summed E-state index contributed by atoms with van der Waals surface area (Å²) < 4.78 is 1.61. The molecule has 0 bridgehead atoms. The van der Waals surface area contributed by atoms with Crippen LogP contribution in [0.25, 0.3) is 5.78 Å². The van der Waals surface area contributed by atoms with E-state index in [1.165, 1.54) is 0 Å². The van der Waals surface area contributed by atoms with Crippen LogP contribution >= 0.6 is 23.2 Å². The Labute approximate surface area is 166 Å². The first-order chi connectivity index (χ1) is 12.8. The maximum atomic E-state index is 12.4. The van der Waals surface area contributed by atoms with Crippen molar-refractivity contribution in [2.45, 2.75) is 39.7 Å². The largest absolute Gasteiger partial charge is 0.366 e. The topological polar surface area (TPSA) is 98.2 Å². The Morgan fingerprint density at radius 3 is 2.70 bits per heavy atom. The van der Waals surface area contributed by atoms with Crippen LogP contribution in [-0.2, 0) is 11.2 Å². The van der Waals surface area contributed by atoms with Crippen molar-refractivity contribution < 1.29 is 4.79 Å². The summed E-state index contributed by atoms with van der Waals surface area (Å²) >= 11 is 12.0. The molecule has 0 saturated carbocycles. The van der Waals surface area contributed by atoms with Crippen LogP contribution in [-0.4, -0.2) is 25.5 Å². The molecule has 27 heavy (non-hydrogen) atoms. The number of nitrogens with zero attached hydrogens (tertiary/aromatic N) is 4. The number of fused-ring (bicyclic) bond motifs is 1. The number of carbonyl (C=O) groups is 1. The van der Waals surface area contributed by atoms with Gasteiger partial charge in [-0.05, 0) is 50.5 Å². The summed E-state index contributed by atoms with van der Waals surface area (Å²) in [4.78, 5) is 20.9. The highest BCUT2D eigenvalue weighted by molar-refractivity contribution is 6.42. The van der Waals surface area contributed by atoms with Gasteiger partial charge in [0.25, 0.3) is 5.78 Å². The number of anilines is 1. The minimum Gasteiger partial charge on any atom is -0.366 e. The van der Waals surface area contributed by atoms with Gasteiger partial charge in [-0.3, -0.25) is 4.79 Å². The van der Waals surface area contributed by atoms with Crippen molar-refractivity contribution in [3.63, 3.8) is 0 Å². The van der Waals surface area contributed by atoms with Crippen molar-refractivity contribution in [3.05, 3.63) is 50.8 Å². The number of nitrogen functional groups attached to an aromatic ring is 1. The number of carbonyl (C=O) groups excluding carboxylic acids is 1. The van der Waals surface area contributed by atoms with E-state index >= 15 is 0 Å². The third-order valence-corrected chi connectivity index (χ3v) is 5.23. The number of halogens is 2. The Morgan fingerprint density at radius 1 is 1.26 bits per heavy atom. The fourth-order valence-electron chi connectivity index (χ4n) is 3.00. The number of aryl methyl sites for hydroxylation is 2. The number of nitrogens with one attached hydrogen (secondary N) is 1. The molecule has 1 atom stereocenters. The lowest BCUT2D eigenvalue weighted by atomic mass is 10.1. The summed E-state index contributed by atoms with van der Waals surface area (Å²) in [5.74, 6) is 0.574. The van der Waals surface area contributed by atoms with E-state index in [1.807, 2.05) is 26.8 Å². The van der Waals surface area contributed by atoms with Crippen LogP contribution in [0.2, 0.25) is 10.0 Å². The second kappa shape index (κ2) is 7.70. The molecular weight excluding hydrogens is 387 g/mol. The van der Waals surface area contributed by atoms with E-state index in [2.05, 4.69) is 20.4 Å². The van der Waals surface area contributed by atoms with E-state index in [9.17, 15) is 4.79 Å². The van der Waals surface area contributed by atoms with Crippen molar-refractivity contribution in [1.82, 2.24) is 24.9 Å². The van der Waals surface area contributed by atoms with Crippen molar-refractivity contribution in [2.75, 3.05) is 5.73 Å². The Kier molecular flexibility index (Phi) is 5.53. The molecule has 3 aromatic rings. The molecule has 0 aliphatic heterocycles. The minimum absolute atomic E-state index is 0.0643. The molecule has 3 N–H and O–H groups in total. The van der Waals surface area contributed by atoms with Gasteiger partial charge in [0.1, 0.15) is 0 Å². The van der Waals surface area contributed by atoms with E-state index in [0.29, 0.717) is 28.7 Å². The minimum atomic E-state index is -0.176. The van der Waals surface area contributed by atoms with Gasteiger partial charge < -0.3 is 11.1 Å². The monoisotopic (exact) mass is 406 g/mol. The predicted molar refractivity (Wildman–Crippen MR) is 106 cm³/mol. The van der Waals surface area contributed by atoms with Gasteiger partial charge in [-0.1, -0.05) is 29.3 Å². The van der Waals surface area contributed by atoms with E-state index in [4.69, 9.17) is 28.9 Å². The molecule has 2 heterocycles.